The fraction of sp³-hybridized carbons (Fsp3) is 0.125. The van der Waals surface area contributed by atoms with Crippen molar-refractivity contribution < 1.29 is 4.39 Å². The Morgan fingerprint density at radius 3 is 2.80 bits per heavy atom. The van der Waals surface area contributed by atoms with Gasteiger partial charge in [-0.1, -0.05) is 24.3 Å². The van der Waals surface area contributed by atoms with Gasteiger partial charge in [0, 0.05) is 9.17 Å². The van der Waals surface area contributed by atoms with Crippen LogP contribution in [0.1, 0.15) is 22.1 Å². The van der Waals surface area contributed by atoms with Gasteiger partial charge in [0.1, 0.15) is 5.82 Å². The number of halogens is 3. The van der Waals surface area contributed by atoms with Crippen LogP contribution in [-0.4, -0.2) is 0 Å². The lowest BCUT2D eigenvalue weighted by atomic mass is 10.0. The third-order valence-corrected chi connectivity index (χ3v) is 5.80. The van der Waals surface area contributed by atoms with E-state index in [1.165, 1.54) is 10.8 Å². The van der Waals surface area contributed by atoms with Crippen molar-refractivity contribution in [2.75, 3.05) is 0 Å². The monoisotopic (exact) mass is 368 g/mol. The molecule has 1 unspecified atom stereocenters. The third kappa shape index (κ3) is 2.39. The number of rotatable bonds is 2. The van der Waals surface area contributed by atoms with E-state index in [0.29, 0.717) is 5.56 Å². The first-order chi connectivity index (χ1) is 9.58. The van der Waals surface area contributed by atoms with Gasteiger partial charge in [0.05, 0.1) is 5.38 Å². The van der Waals surface area contributed by atoms with Crippen molar-refractivity contribution in [3.63, 3.8) is 0 Å². The smallest absolute Gasteiger partial charge is 0.126 e. The summed E-state index contributed by atoms with van der Waals surface area (Å²) in [6.07, 6.45) is 0. The van der Waals surface area contributed by atoms with Gasteiger partial charge in [0.2, 0.25) is 0 Å². The molecule has 0 N–H and O–H groups in total. The van der Waals surface area contributed by atoms with Crippen molar-refractivity contribution in [2.24, 2.45) is 0 Å². The second-order valence-electron chi connectivity index (χ2n) is 4.68. The van der Waals surface area contributed by atoms with Gasteiger partial charge in [-0.25, -0.2) is 4.39 Å². The van der Waals surface area contributed by atoms with Crippen LogP contribution in [0.15, 0.2) is 46.3 Å². The molecule has 2 aromatic carbocycles. The van der Waals surface area contributed by atoms with E-state index in [1.54, 1.807) is 24.3 Å². The van der Waals surface area contributed by atoms with Gasteiger partial charge >= 0.3 is 0 Å². The van der Waals surface area contributed by atoms with Gasteiger partial charge in [-0.15, -0.1) is 22.9 Å². The zero-order valence-corrected chi connectivity index (χ0v) is 13.8. The lowest BCUT2D eigenvalue weighted by molar-refractivity contribution is 0.616. The standard InChI is InChI=1S/C16H11BrClFS/c1-9-5-6-10(7-14(9)19)15(18)12-8-20-16-11(12)3-2-4-13(16)17/h2-8,15H,1H3. The molecule has 20 heavy (non-hydrogen) atoms. The number of hydrogen-bond donors (Lipinski definition) is 0. The van der Waals surface area contributed by atoms with E-state index >= 15 is 0 Å². The summed E-state index contributed by atoms with van der Waals surface area (Å²) >= 11 is 11.7. The van der Waals surface area contributed by atoms with E-state index in [0.717, 1.165) is 21.0 Å². The zero-order chi connectivity index (χ0) is 14.3. The molecule has 0 aliphatic carbocycles. The minimum absolute atomic E-state index is 0.214. The minimum Gasteiger partial charge on any atom is -0.207 e. The van der Waals surface area contributed by atoms with Crippen molar-refractivity contribution in [1.29, 1.82) is 0 Å². The van der Waals surface area contributed by atoms with Crippen LogP contribution in [0, 0.1) is 12.7 Å². The van der Waals surface area contributed by atoms with Crippen molar-refractivity contribution in [2.45, 2.75) is 12.3 Å². The van der Waals surface area contributed by atoms with Gasteiger partial charge in [-0.05, 0) is 62.4 Å². The highest BCUT2D eigenvalue weighted by atomic mass is 79.9. The van der Waals surface area contributed by atoms with Crippen LogP contribution in [-0.2, 0) is 0 Å². The molecule has 0 fully saturated rings. The van der Waals surface area contributed by atoms with Crippen LogP contribution in [0.5, 0.6) is 0 Å². The molecule has 102 valence electrons. The molecule has 0 nitrogen and oxygen atoms in total. The Kier molecular flexibility index (Phi) is 3.85. The van der Waals surface area contributed by atoms with Crippen molar-refractivity contribution in [1.82, 2.24) is 0 Å². The first kappa shape index (κ1) is 14.1. The Hall–Kier alpha value is -0.900. The van der Waals surface area contributed by atoms with Gasteiger partial charge in [-0.2, -0.15) is 0 Å². The van der Waals surface area contributed by atoms with Crippen LogP contribution in [0.25, 0.3) is 10.1 Å². The Bertz CT molecular complexity index is 781. The number of thiophene rings is 1. The number of alkyl halides is 1. The average Bonchev–Trinajstić information content (AvgIpc) is 2.86. The summed E-state index contributed by atoms with van der Waals surface area (Å²) in [5.74, 6) is -0.214. The Balaban J connectivity index is 2.10. The van der Waals surface area contributed by atoms with Gasteiger partial charge in [0.15, 0.2) is 0 Å². The fourth-order valence-corrected chi connectivity index (χ4v) is 4.22. The molecule has 0 spiro atoms. The second kappa shape index (κ2) is 5.47. The molecular formula is C16H11BrClFS. The Labute approximate surface area is 134 Å². The Morgan fingerprint density at radius 1 is 1.25 bits per heavy atom. The molecule has 0 amide bonds. The van der Waals surface area contributed by atoms with Crippen LogP contribution in [0.3, 0.4) is 0 Å². The van der Waals surface area contributed by atoms with Crippen molar-refractivity contribution in [3.05, 3.63) is 68.8 Å². The maximum Gasteiger partial charge on any atom is 0.126 e. The van der Waals surface area contributed by atoms with E-state index in [2.05, 4.69) is 15.9 Å². The molecule has 1 heterocycles. The highest BCUT2D eigenvalue weighted by molar-refractivity contribution is 9.10. The molecule has 0 bridgehead atoms. The first-order valence-corrected chi connectivity index (χ1v) is 8.24. The van der Waals surface area contributed by atoms with Crippen molar-refractivity contribution in [3.8, 4) is 0 Å². The summed E-state index contributed by atoms with van der Waals surface area (Å²) in [6.45, 7) is 1.75. The first-order valence-electron chi connectivity index (χ1n) is 6.13. The molecule has 0 radical (unpaired) electrons. The summed E-state index contributed by atoms with van der Waals surface area (Å²) in [4.78, 5) is 0. The minimum atomic E-state index is -0.340. The highest BCUT2D eigenvalue weighted by Gasteiger charge is 2.17. The molecule has 1 aromatic heterocycles. The maximum absolute atomic E-state index is 13.7. The average molecular weight is 370 g/mol. The largest absolute Gasteiger partial charge is 0.207 e. The normalized spacial score (nSPS) is 12.8. The molecule has 4 heteroatoms. The number of benzene rings is 2. The molecule has 3 aromatic rings. The fourth-order valence-electron chi connectivity index (χ4n) is 2.18. The predicted molar refractivity (Wildman–Crippen MR) is 88.4 cm³/mol. The third-order valence-electron chi connectivity index (χ3n) is 3.34. The topological polar surface area (TPSA) is 0 Å². The van der Waals surface area contributed by atoms with Crippen LogP contribution >= 0.6 is 38.9 Å². The van der Waals surface area contributed by atoms with E-state index in [9.17, 15) is 4.39 Å². The van der Waals surface area contributed by atoms with Crippen LogP contribution in [0.4, 0.5) is 4.39 Å². The second-order valence-corrected chi connectivity index (χ2v) is 6.85. The van der Waals surface area contributed by atoms with Crippen molar-refractivity contribution >= 4 is 49.0 Å². The summed E-state index contributed by atoms with van der Waals surface area (Å²) in [5.41, 5.74) is 2.45. The lowest BCUT2D eigenvalue weighted by Crippen LogP contribution is -1.94. The molecule has 0 saturated carbocycles. The number of aryl methyl sites for hydroxylation is 1. The summed E-state index contributed by atoms with van der Waals surface area (Å²) in [7, 11) is 0. The zero-order valence-electron chi connectivity index (χ0n) is 10.7. The van der Waals surface area contributed by atoms with E-state index in [-0.39, 0.29) is 11.2 Å². The molecule has 0 saturated heterocycles. The lowest BCUT2D eigenvalue weighted by Gasteiger charge is -2.10. The highest BCUT2D eigenvalue weighted by Crippen LogP contribution is 2.40. The van der Waals surface area contributed by atoms with E-state index in [1.807, 2.05) is 29.6 Å². The van der Waals surface area contributed by atoms with Crippen LogP contribution in [0.2, 0.25) is 0 Å². The van der Waals surface area contributed by atoms with E-state index < -0.39 is 0 Å². The number of fused-ring (bicyclic) bond motifs is 1. The summed E-state index contributed by atoms with van der Waals surface area (Å²) in [5, 5.41) is 2.82. The summed E-state index contributed by atoms with van der Waals surface area (Å²) < 4.78 is 15.9. The molecular weight excluding hydrogens is 359 g/mol. The molecule has 3 rings (SSSR count). The summed E-state index contributed by atoms with van der Waals surface area (Å²) in [6, 6.07) is 11.2. The van der Waals surface area contributed by atoms with Gasteiger partial charge in [0.25, 0.3) is 0 Å². The molecule has 0 aliphatic heterocycles. The van der Waals surface area contributed by atoms with Crippen LogP contribution < -0.4 is 0 Å². The SMILES string of the molecule is Cc1ccc(C(Cl)c2csc3c(Br)cccc23)cc1F. The quantitative estimate of drug-likeness (QED) is 0.456. The number of hydrogen-bond acceptors (Lipinski definition) is 1. The molecule has 1 atom stereocenters. The Morgan fingerprint density at radius 2 is 2.05 bits per heavy atom. The van der Waals surface area contributed by atoms with E-state index in [4.69, 9.17) is 11.6 Å². The van der Waals surface area contributed by atoms with Gasteiger partial charge < -0.3 is 0 Å². The predicted octanol–water partition coefficient (Wildman–Crippen LogP) is 6.44. The molecule has 0 aliphatic rings. The van der Waals surface area contributed by atoms with Gasteiger partial charge in [-0.3, -0.25) is 0 Å². The maximum atomic E-state index is 13.7.